The van der Waals surface area contributed by atoms with Crippen molar-refractivity contribution in [2.75, 3.05) is 13.2 Å². The van der Waals surface area contributed by atoms with Gasteiger partial charge in [0.05, 0.1) is 0 Å². The largest absolute Gasteiger partial charge is 0.490 e. The second-order valence-electron chi connectivity index (χ2n) is 5.83. The van der Waals surface area contributed by atoms with Crippen LogP contribution in [-0.2, 0) is 0 Å². The number of rotatable bonds is 6. The van der Waals surface area contributed by atoms with Crippen molar-refractivity contribution in [1.29, 1.82) is 0 Å². The van der Waals surface area contributed by atoms with Gasteiger partial charge in [-0.2, -0.15) is 0 Å². The highest BCUT2D eigenvalue weighted by atomic mass is 16.5. The Morgan fingerprint density at radius 3 is 2.71 bits per heavy atom. The van der Waals surface area contributed by atoms with Gasteiger partial charge in [-0.05, 0) is 24.3 Å². The number of benzene rings is 2. The van der Waals surface area contributed by atoms with Crippen LogP contribution in [0, 0.1) is 0 Å². The molecule has 3 nitrogen and oxygen atoms in total. The molecule has 0 radical (unpaired) electrons. The van der Waals surface area contributed by atoms with Gasteiger partial charge in [0.25, 0.3) is 0 Å². The van der Waals surface area contributed by atoms with Gasteiger partial charge >= 0.3 is 0 Å². The molecule has 2 N–H and O–H groups in total. The molecule has 1 saturated carbocycles. The molecule has 0 unspecified atom stereocenters. The van der Waals surface area contributed by atoms with Gasteiger partial charge in [0.1, 0.15) is 18.5 Å². The van der Waals surface area contributed by atoms with Crippen LogP contribution < -0.4 is 10.1 Å². The summed E-state index contributed by atoms with van der Waals surface area (Å²) in [4.78, 5) is 0. The fourth-order valence-corrected chi connectivity index (χ4v) is 3.00. The molecule has 1 atom stereocenters. The summed E-state index contributed by atoms with van der Waals surface area (Å²) in [6, 6.07) is 14.7. The maximum absolute atomic E-state index is 10.1. The smallest absolute Gasteiger partial charge is 0.127 e. The van der Waals surface area contributed by atoms with Gasteiger partial charge in [0.2, 0.25) is 0 Å². The van der Waals surface area contributed by atoms with Crippen LogP contribution in [0.25, 0.3) is 10.8 Å². The Bertz CT molecular complexity index is 573. The molecule has 1 aliphatic rings. The second-order valence-corrected chi connectivity index (χ2v) is 5.83. The molecule has 2 aromatic rings. The summed E-state index contributed by atoms with van der Waals surface area (Å²) in [5, 5.41) is 15.7. The minimum atomic E-state index is -0.468. The van der Waals surface area contributed by atoms with Crippen LogP contribution in [0.5, 0.6) is 5.75 Å². The standard InChI is InChI=1S/C18H23NO2/c20-16(12-19-15-8-2-3-9-15)13-21-18-11-5-7-14-6-1-4-10-17(14)18/h1,4-7,10-11,15-16,19-20H,2-3,8-9,12-13H2/t16-/m0/s1. The van der Waals surface area contributed by atoms with Crippen molar-refractivity contribution in [2.24, 2.45) is 0 Å². The topological polar surface area (TPSA) is 41.5 Å². The molecule has 112 valence electrons. The van der Waals surface area contributed by atoms with Crippen molar-refractivity contribution in [2.45, 2.75) is 37.8 Å². The third-order valence-corrected chi connectivity index (χ3v) is 4.18. The van der Waals surface area contributed by atoms with E-state index in [-0.39, 0.29) is 0 Å². The van der Waals surface area contributed by atoms with E-state index in [9.17, 15) is 5.11 Å². The van der Waals surface area contributed by atoms with Gasteiger partial charge in [-0.3, -0.25) is 0 Å². The Labute approximate surface area is 125 Å². The zero-order valence-electron chi connectivity index (χ0n) is 12.3. The van der Waals surface area contributed by atoms with Crippen LogP contribution in [0.2, 0.25) is 0 Å². The Kier molecular flexibility index (Phi) is 4.73. The van der Waals surface area contributed by atoms with E-state index in [4.69, 9.17) is 4.74 Å². The summed E-state index contributed by atoms with van der Waals surface area (Å²) in [7, 11) is 0. The first-order chi connectivity index (χ1) is 10.3. The summed E-state index contributed by atoms with van der Waals surface area (Å²) in [5.74, 6) is 0.841. The average Bonchev–Trinajstić information content (AvgIpc) is 3.04. The fraction of sp³-hybridized carbons (Fsp3) is 0.444. The van der Waals surface area contributed by atoms with Gasteiger partial charge in [0.15, 0.2) is 0 Å². The molecular formula is C18H23NO2. The lowest BCUT2D eigenvalue weighted by molar-refractivity contribution is 0.104. The number of aliphatic hydroxyl groups excluding tert-OH is 1. The average molecular weight is 285 g/mol. The summed E-state index contributed by atoms with van der Waals surface area (Å²) in [6.45, 7) is 0.934. The van der Waals surface area contributed by atoms with Crippen molar-refractivity contribution >= 4 is 10.8 Å². The van der Waals surface area contributed by atoms with Crippen LogP contribution >= 0.6 is 0 Å². The highest BCUT2D eigenvalue weighted by molar-refractivity contribution is 5.88. The van der Waals surface area contributed by atoms with E-state index >= 15 is 0 Å². The van der Waals surface area contributed by atoms with Crippen LogP contribution in [0.4, 0.5) is 0 Å². The summed E-state index contributed by atoms with van der Waals surface area (Å²) >= 11 is 0. The van der Waals surface area contributed by atoms with E-state index in [2.05, 4.69) is 17.4 Å². The third kappa shape index (κ3) is 3.74. The maximum Gasteiger partial charge on any atom is 0.127 e. The van der Waals surface area contributed by atoms with Crippen LogP contribution in [0.15, 0.2) is 42.5 Å². The van der Waals surface area contributed by atoms with Gasteiger partial charge in [-0.15, -0.1) is 0 Å². The molecule has 0 bridgehead atoms. The zero-order valence-corrected chi connectivity index (χ0v) is 12.3. The van der Waals surface area contributed by atoms with Gasteiger partial charge < -0.3 is 15.2 Å². The predicted octanol–water partition coefficient (Wildman–Crippen LogP) is 3.11. The second kappa shape index (κ2) is 6.92. The Morgan fingerprint density at radius 1 is 1.10 bits per heavy atom. The van der Waals surface area contributed by atoms with E-state index < -0.39 is 6.10 Å². The zero-order chi connectivity index (χ0) is 14.5. The molecule has 0 saturated heterocycles. The summed E-state index contributed by atoms with van der Waals surface area (Å²) in [6.07, 6.45) is 4.61. The molecule has 0 heterocycles. The molecule has 21 heavy (non-hydrogen) atoms. The number of hydrogen-bond donors (Lipinski definition) is 2. The lowest BCUT2D eigenvalue weighted by atomic mass is 10.1. The number of hydrogen-bond acceptors (Lipinski definition) is 3. The number of ether oxygens (including phenoxy) is 1. The van der Waals surface area contributed by atoms with Crippen molar-refractivity contribution in [3.8, 4) is 5.75 Å². The normalized spacial score (nSPS) is 17.2. The Balaban J connectivity index is 1.53. The van der Waals surface area contributed by atoms with Crippen molar-refractivity contribution < 1.29 is 9.84 Å². The van der Waals surface area contributed by atoms with E-state index in [0.717, 1.165) is 16.5 Å². The highest BCUT2D eigenvalue weighted by Crippen LogP contribution is 2.25. The Morgan fingerprint density at radius 2 is 1.86 bits per heavy atom. The SMILES string of the molecule is O[C@@H](CNC1CCCC1)COc1cccc2ccccc12. The lowest BCUT2D eigenvalue weighted by Crippen LogP contribution is -2.36. The first-order valence-electron chi connectivity index (χ1n) is 7.85. The summed E-state index contributed by atoms with van der Waals surface area (Å²) < 4.78 is 5.81. The molecule has 3 heteroatoms. The van der Waals surface area contributed by atoms with Gasteiger partial charge in [-0.25, -0.2) is 0 Å². The molecule has 0 spiro atoms. The van der Waals surface area contributed by atoms with Crippen LogP contribution in [-0.4, -0.2) is 30.4 Å². The van der Waals surface area contributed by atoms with E-state index in [1.165, 1.54) is 25.7 Å². The number of nitrogens with one attached hydrogen (secondary N) is 1. The number of aliphatic hydroxyl groups is 1. The first-order valence-corrected chi connectivity index (χ1v) is 7.85. The molecule has 1 fully saturated rings. The van der Waals surface area contributed by atoms with Crippen molar-refractivity contribution in [3.05, 3.63) is 42.5 Å². The van der Waals surface area contributed by atoms with E-state index in [1.807, 2.05) is 30.3 Å². The Hall–Kier alpha value is -1.58. The van der Waals surface area contributed by atoms with E-state index in [0.29, 0.717) is 19.2 Å². The lowest BCUT2D eigenvalue weighted by Gasteiger charge is -2.17. The maximum atomic E-state index is 10.1. The molecule has 0 aromatic heterocycles. The molecule has 1 aliphatic carbocycles. The summed E-state index contributed by atoms with van der Waals surface area (Å²) in [5.41, 5.74) is 0. The molecular weight excluding hydrogens is 262 g/mol. The highest BCUT2D eigenvalue weighted by Gasteiger charge is 2.16. The van der Waals surface area contributed by atoms with E-state index in [1.54, 1.807) is 0 Å². The fourth-order valence-electron chi connectivity index (χ4n) is 3.00. The molecule has 3 rings (SSSR count). The molecule has 0 amide bonds. The minimum absolute atomic E-state index is 0.327. The molecule has 2 aromatic carbocycles. The number of fused-ring (bicyclic) bond motifs is 1. The monoisotopic (exact) mass is 285 g/mol. The van der Waals surface area contributed by atoms with Gasteiger partial charge in [0, 0.05) is 18.0 Å². The van der Waals surface area contributed by atoms with Crippen LogP contribution in [0.1, 0.15) is 25.7 Å². The van der Waals surface area contributed by atoms with Crippen LogP contribution in [0.3, 0.4) is 0 Å². The molecule has 0 aliphatic heterocycles. The first kappa shape index (κ1) is 14.4. The van der Waals surface area contributed by atoms with Crippen molar-refractivity contribution in [1.82, 2.24) is 5.32 Å². The third-order valence-electron chi connectivity index (χ3n) is 4.18. The predicted molar refractivity (Wildman–Crippen MR) is 85.7 cm³/mol. The minimum Gasteiger partial charge on any atom is -0.490 e. The van der Waals surface area contributed by atoms with Gasteiger partial charge in [-0.1, -0.05) is 49.2 Å². The van der Waals surface area contributed by atoms with Crippen molar-refractivity contribution in [3.63, 3.8) is 0 Å². The quantitative estimate of drug-likeness (QED) is 0.857.